The Morgan fingerprint density at radius 1 is 1.27 bits per heavy atom. The maximum absolute atomic E-state index is 11.9. The monoisotopic (exact) mass is 331 g/mol. The van der Waals surface area contributed by atoms with E-state index in [0.717, 1.165) is 0 Å². The number of ether oxygens (including phenoxy) is 1. The van der Waals surface area contributed by atoms with E-state index in [-0.39, 0.29) is 24.3 Å². The molecule has 128 valence electrons. The van der Waals surface area contributed by atoms with Crippen molar-refractivity contribution >= 4 is 20.4 Å². The van der Waals surface area contributed by atoms with E-state index in [1.807, 2.05) is 0 Å². The van der Waals surface area contributed by atoms with Crippen molar-refractivity contribution in [3.63, 3.8) is 0 Å². The van der Waals surface area contributed by atoms with Crippen LogP contribution < -0.4 is 0 Å². The number of hydrogen-bond donors (Lipinski definition) is 1. The zero-order chi connectivity index (χ0) is 17.1. The van der Waals surface area contributed by atoms with Gasteiger partial charge in [-0.3, -0.25) is 4.90 Å². The molecule has 7 heteroatoms. The second kappa shape index (κ2) is 7.00. The van der Waals surface area contributed by atoms with E-state index in [0.29, 0.717) is 12.8 Å². The number of hydrogen-bond acceptors (Lipinski definition) is 4. The van der Waals surface area contributed by atoms with E-state index in [4.69, 9.17) is 9.16 Å². The fraction of sp³-hybridized carbons (Fsp3) is 0.867. The van der Waals surface area contributed by atoms with E-state index in [1.165, 1.54) is 4.90 Å². The summed E-state index contributed by atoms with van der Waals surface area (Å²) in [6.07, 6.45) is -0.117. The number of rotatable bonds is 4. The first-order chi connectivity index (χ1) is 9.99. The average Bonchev–Trinajstić information content (AvgIpc) is 2.36. The summed E-state index contributed by atoms with van der Waals surface area (Å²) in [5.41, 5.74) is 0. The number of likely N-dealkylation sites (tertiary alicyclic amines) is 1. The minimum Gasteiger partial charge on any atom is -0.465 e. The Bertz CT molecular complexity index is 419. The lowest BCUT2D eigenvalue weighted by molar-refractivity contribution is -0.151. The van der Waals surface area contributed by atoms with Crippen molar-refractivity contribution < 1.29 is 23.9 Å². The molecule has 22 heavy (non-hydrogen) atoms. The largest absolute Gasteiger partial charge is 0.465 e. The fourth-order valence-electron chi connectivity index (χ4n) is 2.32. The highest BCUT2D eigenvalue weighted by Gasteiger charge is 2.43. The molecule has 1 rings (SSSR count). The molecule has 1 aliphatic rings. The first-order valence-corrected chi connectivity index (χ1v) is 10.7. The second-order valence-electron chi connectivity index (χ2n) is 7.28. The molecule has 0 saturated carbocycles. The summed E-state index contributed by atoms with van der Waals surface area (Å²) in [5, 5.41) is 9.44. The minimum atomic E-state index is -1.96. The predicted octanol–water partition coefficient (Wildman–Crippen LogP) is 3.08. The van der Waals surface area contributed by atoms with E-state index in [9.17, 15) is 14.7 Å². The van der Waals surface area contributed by atoms with Crippen molar-refractivity contribution in [2.24, 2.45) is 0 Å². The maximum atomic E-state index is 11.9. The molecule has 0 aromatic rings. The molecule has 1 saturated heterocycles. The van der Waals surface area contributed by atoms with Gasteiger partial charge in [-0.05, 0) is 37.9 Å². The van der Waals surface area contributed by atoms with Gasteiger partial charge in [-0.25, -0.2) is 9.59 Å². The smallest absolute Gasteiger partial charge is 0.408 e. The number of amides is 1. The normalized spacial score (nSPS) is 23.3. The Labute approximate surface area is 133 Å². The SMILES string of the molecule is CCOC(=O)[C@@H]1CC[C@H](O[Si](C)(C)C(C)(C)C)CN1C(=O)O. The van der Waals surface area contributed by atoms with Gasteiger partial charge < -0.3 is 14.3 Å². The van der Waals surface area contributed by atoms with Crippen LogP contribution in [0.1, 0.15) is 40.5 Å². The van der Waals surface area contributed by atoms with Gasteiger partial charge in [-0.15, -0.1) is 0 Å². The quantitative estimate of drug-likeness (QED) is 0.633. The van der Waals surface area contributed by atoms with Crippen molar-refractivity contribution in [3.05, 3.63) is 0 Å². The molecule has 2 atom stereocenters. The number of carbonyl (C=O) groups is 2. The maximum Gasteiger partial charge on any atom is 0.408 e. The molecule has 0 radical (unpaired) electrons. The predicted molar refractivity (Wildman–Crippen MR) is 86.5 cm³/mol. The van der Waals surface area contributed by atoms with Crippen LogP contribution in [0.15, 0.2) is 0 Å². The Kier molecular flexibility index (Phi) is 6.03. The van der Waals surface area contributed by atoms with Crippen LogP contribution in [0, 0.1) is 0 Å². The molecule has 6 nitrogen and oxygen atoms in total. The third-order valence-corrected chi connectivity index (χ3v) is 9.15. The first kappa shape index (κ1) is 19.0. The standard InChI is InChI=1S/C15H29NO5Si/c1-7-20-13(17)12-9-8-11(10-16(12)14(18)19)21-22(5,6)15(2,3)4/h11-12H,7-10H2,1-6H3,(H,18,19)/t11-,12-/m0/s1. The van der Waals surface area contributed by atoms with Gasteiger partial charge in [0.1, 0.15) is 6.04 Å². The van der Waals surface area contributed by atoms with Crippen molar-refractivity contribution in [1.29, 1.82) is 0 Å². The number of nitrogens with zero attached hydrogens (tertiary/aromatic N) is 1. The molecule has 1 N–H and O–H groups in total. The molecule has 0 aliphatic carbocycles. The van der Waals surface area contributed by atoms with Gasteiger partial charge >= 0.3 is 12.1 Å². The van der Waals surface area contributed by atoms with Crippen LogP contribution in [0.5, 0.6) is 0 Å². The van der Waals surface area contributed by atoms with Gasteiger partial charge in [0.25, 0.3) is 0 Å². The van der Waals surface area contributed by atoms with Gasteiger partial charge in [0, 0.05) is 6.54 Å². The zero-order valence-corrected chi connectivity index (χ0v) is 15.5. The summed E-state index contributed by atoms with van der Waals surface area (Å²) in [4.78, 5) is 24.5. The van der Waals surface area contributed by atoms with Gasteiger partial charge in [-0.1, -0.05) is 20.8 Å². The summed E-state index contributed by atoms with van der Waals surface area (Å²) >= 11 is 0. The van der Waals surface area contributed by atoms with Crippen LogP contribution >= 0.6 is 0 Å². The molecule has 1 aliphatic heterocycles. The van der Waals surface area contributed by atoms with Crippen LogP contribution in [0.25, 0.3) is 0 Å². The third kappa shape index (κ3) is 4.46. The molecule has 0 spiro atoms. The van der Waals surface area contributed by atoms with E-state index in [1.54, 1.807) is 6.92 Å². The number of carboxylic acid groups (broad SMARTS) is 1. The van der Waals surface area contributed by atoms with E-state index in [2.05, 4.69) is 33.9 Å². The highest BCUT2D eigenvalue weighted by molar-refractivity contribution is 6.74. The summed E-state index contributed by atoms with van der Waals surface area (Å²) in [6.45, 7) is 13.0. The van der Waals surface area contributed by atoms with Gasteiger partial charge in [0.05, 0.1) is 12.7 Å². The Morgan fingerprint density at radius 2 is 1.86 bits per heavy atom. The third-order valence-electron chi connectivity index (χ3n) is 4.61. The first-order valence-electron chi connectivity index (χ1n) is 7.83. The van der Waals surface area contributed by atoms with Gasteiger partial charge in [-0.2, -0.15) is 0 Å². The van der Waals surface area contributed by atoms with Gasteiger partial charge in [0.2, 0.25) is 0 Å². The van der Waals surface area contributed by atoms with Crippen LogP contribution in [0.3, 0.4) is 0 Å². The molecule has 1 fully saturated rings. The molecular formula is C15H29NO5Si. The van der Waals surface area contributed by atoms with Crippen LogP contribution in [-0.2, 0) is 14.0 Å². The number of carbonyl (C=O) groups excluding carboxylic acids is 1. The summed E-state index contributed by atoms with van der Waals surface area (Å²) in [6, 6.07) is -0.711. The van der Waals surface area contributed by atoms with Crippen molar-refractivity contribution in [2.45, 2.75) is 70.8 Å². The molecule has 0 aromatic carbocycles. The van der Waals surface area contributed by atoms with Crippen molar-refractivity contribution in [3.8, 4) is 0 Å². The Morgan fingerprint density at radius 3 is 2.32 bits per heavy atom. The average molecular weight is 331 g/mol. The van der Waals surface area contributed by atoms with Crippen LogP contribution in [-0.4, -0.2) is 55.7 Å². The molecular weight excluding hydrogens is 302 g/mol. The van der Waals surface area contributed by atoms with Crippen molar-refractivity contribution in [1.82, 2.24) is 4.90 Å². The van der Waals surface area contributed by atoms with Crippen molar-refractivity contribution in [2.75, 3.05) is 13.2 Å². The van der Waals surface area contributed by atoms with Crippen LogP contribution in [0.2, 0.25) is 18.1 Å². The van der Waals surface area contributed by atoms with E-state index >= 15 is 0 Å². The molecule has 0 unspecified atom stereocenters. The lowest BCUT2D eigenvalue weighted by Gasteiger charge is -2.43. The van der Waals surface area contributed by atoms with Crippen LogP contribution in [0.4, 0.5) is 4.79 Å². The summed E-state index contributed by atoms with van der Waals surface area (Å²) < 4.78 is 11.3. The van der Waals surface area contributed by atoms with Gasteiger partial charge in [0.15, 0.2) is 8.32 Å². The Hall–Kier alpha value is -1.08. The highest BCUT2D eigenvalue weighted by atomic mass is 28.4. The second-order valence-corrected chi connectivity index (χ2v) is 12.0. The minimum absolute atomic E-state index is 0.0685. The summed E-state index contributed by atoms with van der Waals surface area (Å²) in [5.74, 6) is -0.462. The number of esters is 1. The molecule has 0 bridgehead atoms. The topological polar surface area (TPSA) is 76.1 Å². The lowest BCUT2D eigenvalue weighted by atomic mass is 10.0. The summed E-state index contributed by atoms with van der Waals surface area (Å²) in [7, 11) is -1.96. The highest BCUT2D eigenvalue weighted by Crippen LogP contribution is 2.38. The molecule has 0 aromatic heterocycles. The number of piperidine rings is 1. The zero-order valence-electron chi connectivity index (χ0n) is 14.5. The van der Waals surface area contributed by atoms with E-state index < -0.39 is 26.4 Å². The fourth-order valence-corrected chi connectivity index (χ4v) is 3.70. The Balaban J connectivity index is 2.78. The lowest BCUT2D eigenvalue weighted by Crippen LogP contribution is -2.55. The molecule has 1 amide bonds. The molecule has 1 heterocycles.